The minimum atomic E-state index is 0.0475. The summed E-state index contributed by atoms with van der Waals surface area (Å²) in [5, 5.41) is 7.91. The van der Waals surface area contributed by atoms with Crippen LogP contribution in [0.25, 0.3) is 10.4 Å². The molecular formula is C21H21N3O2S. The number of hydrogen-bond donors (Lipinski definition) is 3. The molecule has 0 bridgehead atoms. The summed E-state index contributed by atoms with van der Waals surface area (Å²) in [6.45, 7) is 0. The quantitative estimate of drug-likeness (QED) is 0.464. The number of nitrogen functional groups attached to an aromatic ring is 1. The van der Waals surface area contributed by atoms with Crippen LogP contribution in [0.5, 0.6) is 0 Å². The normalized spacial score (nSPS) is 12.3. The zero-order valence-corrected chi connectivity index (χ0v) is 15.8. The third-order valence-corrected chi connectivity index (χ3v) is 5.21. The van der Waals surface area contributed by atoms with Gasteiger partial charge < -0.3 is 16.4 Å². The van der Waals surface area contributed by atoms with E-state index in [4.69, 9.17) is 5.73 Å². The molecule has 0 aliphatic carbocycles. The monoisotopic (exact) mass is 379 g/mol. The second-order valence-corrected chi connectivity index (χ2v) is 7.06. The van der Waals surface area contributed by atoms with Gasteiger partial charge >= 0.3 is 0 Å². The van der Waals surface area contributed by atoms with Crippen LogP contribution in [0.3, 0.4) is 0 Å². The highest BCUT2D eigenvalue weighted by molar-refractivity contribution is 7.13. The predicted octanol–water partition coefficient (Wildman–Crippen LogP) is 4.42. The molecule has 0 saturated carbocycles. The van der Waals surface area contributed by atoms with Crippen molar-refractivity contribution in [2.24, 2.45) is 0 Å². The van der Waals surface area contributed by atoms with Gasteiger partial charge in [-0.15, -0.1) is 11.3 Å². The summed E-state index contributed by atoms with van der Waals surface area (Å²) >= 11 is 1.73. The summed E-state index contributed by atoms with van der Waals surface area (Å²) in [7, 11) is 1.88. The van der Waals surface area contributed by atoms with E-state index >= 15 is 0 Å². The maximum atomic E-state index is 11.0. The molecule has 2 heterocycles. The van der Waals surface area contributed by atoms with E-state index in [0.29, 0.717) is 12.0 Å². The van der Waals surface area contributed by atoms with Crippen LogP contribution in [-0.2, 0) is 11.2 Å². The van der Waals surface area contributed by atoms with Crippen molar-refractivity contribution in [2.75, 3.05) is 23.4 Å². The van der Waals surface area contributed by atoms with E-state index in [1.807, 2.05) is 25.2 Å². The van der Waals surface area contributed by atoms with Gasteiger partial charge in [0.1, 0.15) is 6.29 Å². The number of aryl methyl sites for hydroxylation is 1. The van der Waals surface area contributed by atoms with E-state index < -0.39 is 0 Å². The second kappa shape index (κ2) is 8.51. The molecule has 5 nitrogen and oxygen atoms in total. The predicted molar refractivity (Wildman–Crippen MR) is 112 cm³/mol. The van der Waals surface area contributed by atoms with Gasteiger partial charge in [-0.2, -0.15) is 0 Å². The van der Waals surface area contributed by atoms with Crippen molar-refractivity contribution in [1.29, 1.82) is 0 Å². The Kier molecular flexibility index (Phi) is 5.88. The van der Waals surface area contributed by atoms with Crippen LogP contribution in [0.4, 0.5) is 17.1 Å². The SMILES string of the molecule is CNc1cc(-c2cccs2)ccc1N.O=Cc1ccc2c(c1)CCC(=O)N2. The van der Waals surface area contributed by atoms with Gasteiger partial charge in [0.2, 0.25) is 5.91 Å². The summed E-state index contributed by atoms with van der Waals surface area (Å²) < 4.78 is 0. The molecule has 4 rings (SSSR count). The van der Waals surface area contributed by atoms with Crippen molar-refractivity contribution in [3.8, 4) is 10.4 Å². The maximum absolute atomic E-state index is 11.0. The zero-order valence-electron chi connectivity index (χ0n) is 15.0. The van der Waals surface area contributed by atoms with Crippen molar-refractivity contribution >= 4 is 40.6 Å². The fourth-order valence-electron chi connectivity index (χ4n) is 2.85. The number of nitrogens with two attached hydrogens (primary N) is 1. The third kappa shape index (κ3) is 4.54. The van der Waals surface area contributed by atoms with Gasteiger partial charge in [0, 0.05) is 29.6 Å². The number of carbonyl (C=O) groups excluding carboxylic acids is 2. The minimum absolute atomic E-state index is 0.0475. The molecule has 0 spiro atoms. The van der Waals surface area contributed by atoms with Crippen molar-refractivity contribution in [1.82, 2.24) is 0 Å². The molecular weight excluding hydrogens is 358 g/mol. The molecule has 0 atom stereocenters. The highest BCUT2D eigenvalue weighted by Gasteiger charge is 2.14. The summed E-state index contributed by atoms with van der Waals surface area (Å²) in [5.41, 5.74) is 11.3. The molecule has 27 heavy (non-hydrogen) atoms. The minimum Gasteiger partial charge on any atom is -0.397 e. The summed E-state index contributed by atoms with van der Waals surface area (Å²) in [5.74, 6) is 0.0475. The molecule has 1 aromatic heterocycles. The fraction of sp³-hybridized carbons (Fsp3) is 0.143. The number of rotatable bonds is 3. The molecule has 4 N–H and O–H groups in total. The molecule has 3 aromatic rings. The second-order valence-electron chi connectivity index (χ2n) is 6.11. The van der Waals surface area contributed by atoms with Gasteiger partial charge in [0.15, 0.2) is 0 Å². The molecule has 1 aliphatic rings. The van der Waals surface area contributed by atoms with Crippen molar-refractivity contribution in [2.45, 2.75) is 12.8 Å². The smallest absolute Gasteiger partial charge is 0.224 e. The number of benzene rings is 2. The van der Waals surface area contributed by atoms with Gasteiger partial charge in [-0.1, -0.05) is 12.1 Å². The number of nitrogens with one attached hydrogen (secondary N) is 2. The number of fused-ring (bicyclic) bond motifs is 1. The Hall–Kier alpha value is -3.12. The standard InChI is InChI=1S/C11H12N2S.C10H9NO2/c1-13-10-7-8(4-5-9(10)12)11-3-2-6-14-11;12-6-7-1-3-9-8(5-7)2-4-10(13)11-9/h2-7,13H,12H2,1H3;1,3,5-6H,2,4H2,(H,11,13). The van der Waals surface area contributed by atoms with Gasteiger partial charge in [0.05, 0.1) is 11.4 Å². The number of hydrogen-bond acceptors (Lipinski definition) is 5. The van der Waals surface area contributed by atoms with Gasteiger partial charge in [0.25, 0.3) is 0 Å². The summed E-state index contributed by atoms with van der Waals surface area (Å²) in [6.07, 6.45) is 2.05. The molecule has 1 amide bonds. The lowest BCUT2D eigenvalue weighted by molar-refractivity contribution is -0.116. The van der Waals surface area contributed by atoms with E-state index in [9.17, 15) is 9.59 Å². The molecule has 2 aromatic carbocycles. The molecule has 0 unspecified atom stereocenters. The zero-order chi connectivity index (χ0) is 19.2. The first-order chi connectivity index (χ1) is 13.1. The maximum Gasteiger partial charge on any atom is 0.224 e. The number of anilines is 3. The van der Waals surface area contributed by atoms with Crippen LogP contribution < -0.4 is 16.4 Å². The topological polar surface area (TPSA) is 84.2 Å². The van der Waals surface area contributed by atoms with Crippen molar-refractivity contribution in [3.05, 3.63) is 65.0 Å². The van der Waals surface area contributed by atoms with E-state index in [-0.39, 0.29) is 5.91 Å². The Morgan fingerprint density at radius 2 is 2.00 bits per heavy atom. The molecule has 1 aliphatic heterocycles. The molecule has 0 saturated heterocycles. The number of carbonyl (C=O) groups is 2. The molecule has 138 valence electrons. The van der Waals surface area contributed by atoms with Gasteiger partial charge in [-0.3, -0.25) is 9.59 Å². The number of thiophene rings is 1. The van der Waals surface area contributed by atoms with Crippen molar-refractivity contribution in [3.63, 3.8) is 0 Å². The lowest BCUT2D eigenvalue weighted by atomic mass is 10.0. The highest BCUT2D eigenvalue weighted by atomic mass is 32.1. The number of amides is 1. The van der Waals surface area contributed by atoms with Gasteiger partial charge in [-0.25, -0.2) is 0 Å². The Balaban J connectivity index is 0.000000156. The van der Waals surface area contributed by atoms with Gasteiger partial charge in [-0.05, 0) is 59.3 Å². The van der Waals surface area contributed by atoms with Crippen LogP contribution in [-0.4, -0.2) is 19.2 Å². The fourth-order valence-corrected chi connectivity index (χ4v) is 3.57. The van der Waals surface area contributed by atoms with Crippen LogP contribution in [0.2, 0.25) is 0 Å². The van der Waals surface area contributed by atoms with Crippen LogP contribution >= 0.6 is 11.3 Å². The molecule has 0 radical (unpaired) electrons. The average Bonchev–Trinajstić information content (AvgIpc) is 3.23. The first-order valence-electron chi connectivity index (χ1n) is 8.60. The Morgan fingerprint density at radius 1 is 1.15 bits per heavy atom. The van der Waals surface area contributed by atoms with Crippen LogP contribution in [0.15, 0.2) is 53.9 Å². The van der Waals surface area contributed by atoms with E-state index in [1.165, 1.54) is 10.4 Å². The lowest BCUT2D eigenvalue weighted by Gasteiger charge is -2.16. The van der Waals surface area contributed by atoms with E-state index in [0.717, 1.165) is 35.3 Å². The average molecular weight is 379 g/mol. The lowest BCUT2D eigenvalue weighted by Crippen LogP contribution is -2.18. The van der Waals surface area contributed by atoms with E-state index in [2.05, 4.69) is 34.2 Å². The summed E-state index contributed by atoms with van der Waals surface area (Å²) in [4.78, 5) is 22.7. The highest BCUT2D eigenvalue weighted by Crippen LogP contribution is 2.29. The molecule has 0 fully saturated rings. The first kappa shape index (κ1) is 18.7. The Bertz CT molecular complexity index is 952. The number of aldehydes is 1. The first-order valence-corrected chi connectivity index (χ1v) is 9.48. The largest absolute Gasteiger partial charge is 0.397 e. The van der Waals surface area contributed by atoms with Crippen molar-refractivity contribution < 1.29 is 9.59 Å². The third-order valence-electron chi connectivity index (χ3n) is 4.29. The molecule has 6 heteroatoms. The van der Waals surface area contributed by atoms with Crippen LogP contribution in [0.1, 0.15) is 22.3 Å². The Labute approximate surface area is 162 Å². The van der Waals surface area contributed by atoms with Crippen LogP contribution in [0, 0.1) is 0 Å². The van der Waals surface area contributed by atoms with E-state index in [1.54, 1.807) is 23.5 Å². The summed E-state index contributed by atoms with van der Waals surface area (Å²) in [6, 6.07) is 15.5. The Morgan fingerprint density at radius 3 is 2.70 bits per heavy atom.